The number of aryl methyl sites for hydroxylation is 1. The number of nitrogens with one attached hydrogen (secondary N) is 1. The van der Waals surface area contributed by atoms with Gasteiger partial charge in [-0.05, 0) is 42.5 Å². The number of nitrogen functional groups attached to an aromatic ring is 1. The number of carbonyl (C=O) groups excluding carboxylic acids is 1. The van der Waals surface area contributed by atoms with E-state index in [9.17, 15) is 14.4 Å². The van der Waals surface area contributed by atoms with E-state index in [2.05, 4.69) is 4.98 Å². The van der Waals surface area contributed by atoms with Crippen molar-refractivity contribution in [1.29, 1.82) is 0 Å². The number of hydrogen-bond acceptors (Lipinski definition) is 5. The molecule has 0 bridgehead atoms. The van der Waals surface area contributed by atoms with Crippen molar-refractivity contribution in [3.63, 3.8) is 0 Å². The van der Waals surface area contributed by atoms with Crippen LogP contribution in [-0.2, 0) is 11.3 Å². The number of ether oxygens (including phenoxy) is 1. The largest absolute Gasteiger partial charge is 0.483 e. The highest BCUT2D eigenvalue weighted by molar-refractivity contribution is 6.30. The first-order chi connectivity index (χ1) is 14.0. The molecule has 8 nitrogen and oxygen atoms in total. The fraction of sp³-hybridized carbons (Fsp3) is 0.476. The van der Waals surface area contributed by atoms with E-state index in [1.54, 1.807) is 18.2 Å². The van der Waals surface area contributed by atoms with Gasteiger partial charge in [-0.1, -0.05) is 39.3 Å². The molecule has 2 aromatic rings. The zero-order valence-electron chi connectivity index (χ0n) is 18.0. The Morgan fingerprint density at radius 2 is 1.90 bits per heavy atom. The second-order valence-corrected chi connectivity index (χ2v) is 8.53. The Balaban J connectivity index is 2.40. The molecule has 1 aromatic carbocycles. The standard InChI is InChI=1S/C21H29ClN4O4/c1-12(2)9-25(17(27)11-30-16-7-6-15(22)8-14(16)5)18-19(23)26(10-13(3)4)21(29)24-20(18)28/h6-8,12-13H,9-11,23H2,1-5H3,(H,24,28,29). The highest BCUT2D eigenvalue weighted by atomic mass is 35.5. The third-order valence-corrected chi connectivity index (χ3v) is 4.60. The SMILES string of the molecule is Cc1cc(Cl)ccc1OCC(=O)N(CC(C)C)c1c(N)n(CC(C)C)c(=O)[nH]c1=O. The topological polar surface area (TPSA) is 110 Å². The molecule has 0 spiro atoms. The molecular formula is C21H29ClN4O4. The van der Waals surface area contributed by atoms with Gasteiger partial charge in [-0.15, -0.1) is 0 Å². The second-order valence-electron chi connectivity index (χ2n) is 8.09. The summed E-state index contributed by atoms with van der Waals surface area (Å²) in [6.07, 6.45) is 0. The number of H-pyrrole nitrogens is 1. The fourth-order valence-electron chi connectivity index (χ4n) is 3.06. The third-order valence-electron chi connectivity index (χ3n) is 4.37. The quantitative estimate of drug-likeness (QED) is 0.661. The molecule has 0 unspecified atom stereocenters. The Morgan fingerprint density at radius 1 is 1.23 bits per heavy atom. The molecule has 1 aromatic heterocycles. The van der Waals surface area contributed by atoms with Crippen molar-refractivity contribution in [2.24, 2.45) is 11.8 Å². The van der Waals surface area contributed by atoms with Crippen molar-refractivity contribution in [3.8, 4) is 5.75 Å². The number of aromatic amines is 1. The lowest BCUT2D eigenvalue weighted by Gasteiger charge is -2.26. The minimum atomic E-state index is -0.700. The summed E-state index contributed by atoms with van der Waals surface area (Å²) in [5, 5.41) is 0.569. The van der Waals surface area contributed by atoms with Crippen LogP contribution in [0.3, 0.4) is 0 Å². The van der Waals surface area contributed by atoms with Gasteiger partial charge in [0, 0.05) is 18.1 Å². The maximum atomic E-state index is 13.0. The highest BCUT2D eigenvalue weighted by Gasteiger charge is 2.25. The number of nitrogens with zero attached hydrogens (tertiary/aromatic N) is 2. The average Bonchev–Trinajstić information content (AvgIpc) is 2.62. The van der Waals surface area contributed by atoms with Gasteiger partial charge in [0.05, 0.1) is 0 Å². The zero-order chi connectivity index (χ0) is 22.6. The van der Waals surface area contributed by atoms with Gasteiger partial charge in [-0.2, -0.15) is 0 Å². The van der Waals surface area contributed by atoms with Gasteiger partial charge in [-0.3, -0.25) is 19.1 Å². The van der Waals surface area contributed by atoms with Crippen LogP contribution in [-0.4, -0.2) is 28.6 Å². The van der Waals surface area contributed by atoms with E-state index >= 15 is 0 Å². The van der Waals surface area contributed by atoms with Gasteiger partial charge in [0.25, 0.3) is 11.5 Å². The lowest BCUT2D eigenvalue weighted by Crippen LogP contribution is -2.44. The zero-order valence-corrected chi connectivity index (χ0v) is 18.7. The number of nitrogens with two attached hydrogens (primary N) is 1. The normalized spacial score (nSPS) is 11.2. The number of hydrogen-bond donors (Lipinski definition) is 2. The molecule has 1 amide bonds. The summed E-state index contributed by atoms with van der Waals surface area (Å²) < 4.78 is 6.95. The summed E-state index contributed by atoms with van der Waals surface area (Å²) in [5.74, 6) is 0.215. The van der Waals surface area contributed by atoms with Gasteiger partial charge in [0.1, 0.15) is 11.6 Å². The molecule has 0 aliphatic carbocycles. The summed E-state index contributed by atoms with van der Waals surface area (Å²) in [5.41, 5.74) is 5.64. The van der Waals surface area contributed by atoms with E-state index in [4.69, 9.17) is 22.1 Å². The summed E-state index contributed by atoms with van der Waals surface area (Å²) in [4.78, 5) is 41.4. The van der Waals surface area contributed by atoms with E-state index in [1.165, 1.54) is 9.47 Å². The molecule has 30 heavy (non-hydrogen) atoms. The first kappa shape index (κ1) is 23.5. The van der Waals surface area contributed by atoms with Gasteiger partial charge in [0.15, 0.2) is 12.3 Å². The van der Waals surface area contributed by atoms with Crippen molar-refractivity contribution in [2.75, 3.05) is 23.8 Å². The second kappa shape index (κ2) is 9.84. The van der Waals surface area contributed by atoms with E-state index in [0.717, 1.165) is 5.56 Å². The molecule has 0 saturated heterocycles. The minimum Gasteiger partial charge on any atom is -0.483 e. The maximum absolute atomic E-state index is 13.0. The first-order valence-corrected chi connectivity index (χ1v) is 10.2. The van der Waals surface area contributed by atoms with Crippen LogP contribution in [0.15, 0.2) is 27.8 Å². The summed E-state index contributed by atoms with van der Waals surface area (Å²) in [7, 11) is 0. The van der Waals surface area contributed by atoms with Crippen LogP contribution < -0.4 is 26.6 Å². The monoisotopic (exact) mass is 436 g/mol. The predicted molar refractivity (Wildman–Crippen MR) is 119 cm³/mol. The van der Waals surface area contributed by atoms with Gasteiger partial charge in [-0.25, -0.2) is 4.79 Å². The Kier molecular flexibility index (Phi) is 7.72. The van der Waals surface area contributed by atoms with Crippen LogP contribution in [0.4, 0.5) is 11.5 Å². The fourth-order valence-corrected chi connectivity index (χ4v) is 3.29. The maximum Gasteiger partial charge on any atom is 0.330 e. The van der Waals surface area contributed by atoms with Crippen LogP contribution in [0, 0.1) is 18.8 Å². The highest BCUT2D eigenvalue weighted by Crippen LogP contribution is 2.23. The van der Waals surface area contributed by atoms with Crippen LogP contribution in [0.5, 0.6) is 5.75 Å². The third kappa shape index (κ3) is 5.66. The molecule has 0 radical (unpaired) electrons. The number of halogens is 1. The predicted octanol–water partition coefficient (Wildman–Crippen LogP) is 2.80. The Bertz CT molecular complexity index is 1030. The summed E-state index contributed by atoms with van der Waals surface area (Å²) in [6.45, 7) is 9.77. The van der Waals surface area contributed by atoms with E-state index in [1.807, 2.05) is 34.6 Å². The molecular weight excluding hydrogens is 408 g/mol. The van der Waals surface area contributed by atoms with Gasteiger partial charge in [0.2, 0.25) is 0 Å². The molecule has 2 rings (SSSR count). The van der Waals surface area contributed by atoms with Crippen molar-refractivity contribution >= 4 is 29.0 Å². The number of rotatable bonds is 8. The van der Waals surface area contributed by atoms with Crippen LogP contribution in [0.2, 0.25) is 5.02 Å². The smallest absolute Gasteiger partial charge is 0.330 e. The lowest BCUT2D eigenvalue weighted by molar-refractivity contribution is -0.120. The average molecular weight is 437 g/mol. The van der Waals surface area contributed by atoms with Gasteiger partial charge < -0.3 is 15.4 Å². The number of amides is 1. The Hall–Kier alpha value is -2.74. The van der Waals surface area contributed by atoms with Crippen molar-refractivity contribution in [2.45, 2.75) is 41.2 Å². The molecule has 9 heteroatoms. The van der Waals surface area contributed by atoms with E-state index in [-0.39, 0.29) is 36.5 Å². The van der Waals surface area contributed by atoms with Crippen LogP contribution in [0.25, 0.3) is 0 Å². The first-order valence-electron chi connectivity index (χ1n) is 9.83. The molecule has 1 heterocycles. The van der Waals surface area contributed by atoms with Crippen LogP contribution in [0.1, 0.15) is 33.3 Å². The molecule has 3 N–H and O–H groups in total. The lowest BCUT2D eigenvalue weighted by atomic mass is 10.2. The molecule has 0 aliphatic rings. The Morgan fingerprint density at radius 3 is 2.47 bits per heavy atom. The molecule has 0 saturated carbocycles. The van der Waals surface area contributed by atoms with E-state index in [0.29, 0.717) is 17.3 Å². The number of benzene rings is 1. The summed E-state index contributed by atoms with van der Waals surface area (Å²) in [6, 6.07) is 5.09. The molecule has 0 aliphatic heterocycles. The minimum absolute atomic E-state index is 0.0332. The number of carbonyl (C=O) groups is 1. The van der Waals surface area contributed by atoms with Crippen molar-refractivity contribution in [1.82, 2.24) is 9.55 Å². The summed E-state index contributed by atoms with van der Waals surface area (Å²) >= 11 is 5.96. The number of aromatic nitrogens is 2. The molecule has 0 atom stereocenters. The van der Waals surface area contributed by atoms with Crippen molar-refractivity contribution < 1.29 is 9.53 Å². The molecule has 164 valence electrons. The van der Waals surface area contributed by atoms with Crippen LogP contribution >= 0.6 is 11.6 Å². The number of anilines is 2. The van der Waals surface area contributed by atoms with Crippen molar-refractivity contribution in [3.05, 3.63) is 49.6 Å². The van der Waals surface area contributed by atoms with E-state index < -0.39 is 17.2 Å². The Labute approximate surface area is 180 Å². The van der Waals surface area contributed by atoms with Gasteiger partial charge >= 0.3 is 5.69 Å². The molecule has 0 fully saturated rings.